The van der Waals surface area contributed by atoms with Gasteiger partial charge >= 0.3 is 5.69 Å². The van der Waals surface area contributed by atoms with Gasteiger partial charge in [-0.2, -0.15) is 0 Å². The highest BCUT2D eigenvalue weighted by molar-refractivity contribution is 6.41. The van der Waals surface area contributed by atoms with Gasteiger partial charge in [0.15, 0.2) is 5.65 Å². The first kappa shape index (κ1) is 19.4. The van der Waals surface area contributed by atoms with Gasteiger partial charge in [0, 0.05) is 0 Å². The van der Waals surface area contributed by atoms with Crippen molar-refractivity contribution in [3.05, 3.63) is 48.7 Å². The summed E-state index contributed by atoms with van der Waals surface area (Å²) < 4.78 is 1.41. The van der Waals surface area contributed by atoms with Crippen molar-refractivity contribution in [1.82, 2.24) is 14.5 Å². The van der Waals surface area contributed by atoms with Gasteiger partial charge in [0.1, 0.15) is 5.15 Å². The first-order chi connectivity index (χ1) is 11.7. The molecule has 0 saturated heterocycles. The van der Waals surface area contributed by atoms with Gasteiger partial charge in [-0.15, -0.1) is 0 Å². The maximum Gasteiger partial charge on any atom is 0.330 e. The Labute approximate surface area is 155 Å². The number of aromatic nitrogens is 3. The molecule has 0 amide bonds. The predicted octanol–water partition coefficient (Wildman–Crippen LogP) is 3.62. The molecule has 0 bridgehead atoms. The molecule has 0 saturated carbocycles. The molecule has 6 nitrogen and oxygen atoms in total. The number of H-pyrrole nitrogens is 1. The number of hydrogen-bond acceptors (Lipinski definition) is 4. The fraction of sp³-hybridized carbons (Fsp3) is 0.412. The average Bonchev–Trinajstić information content (AvgIpc) is 2.55. The Kier molecular flexibility index (Phi) is 5.85. The number of aliphatic imine (C=N–C) groups is 1. The van der Waals surface area contributed by atoms with Gasteiger partial charge in [-0.05, 0) is 32.5 Å². The molecule has 0 aliphatic heterocycles. The SMILES string of the molecule is C=N[C@@H](C(C)C)C(/C(C)=C\C)n1c(=O)[nH]c(=O)c2cc(Cl)c(Cl)nc21. The van der Waals surface area contributed by atoms with Crippen molar-refractivity contribution < 1.29 is 0 Å². The van der Waals surface area contributed by atoms with Crippen LogP contribution < -0.4 is 11.2 Å². The van der Waals surface area contributed by atoms with Crippen LogP contribution in [0.3, 0.4) is 0 Å². The molecule has 0 aliphatic carbocycles. The Morgan fingerprint density at radius 1 is 1.40 bits per heavy atom. The Morgan fingerprint density at radius 3 is 2.56 bits per heavy atom. The highest BCUT2D eigenvalue weighted by atomic mass is 35.5. The summed E-state index contributed by atoms with van der Waals surface area (Å²) >= 11 is 12.0. The molecule has 25 heavy (non-hydrogen) atoms. The molecule has 0 radical (unpaired) electrons. The second-order valence-electron chi connectivity index (χ2n) is 6.16. The van der Waals surface area contributed by atoms with E-state index in [0.717, 1.165) is 5.57 Å². The zero-order valence-electron chi connectivity index (χ0n) is 14.5. The molecule has 1 N–H and O–H groups in total. The minimum absolute atomic E-state index is 0.0254. The van der Waals surface area contributed by atoms with E-state index in [2.05, 4.69) is 21.7 Å². The Bertz CT molecular complexity index is 959. The van der Waals surface area contributed by atoms with Gasteiger partial charge in [-0.1, -0.05) is 48.7 Å². The van der Waals surface area contributed by atoms with Gasteiger partial charge in [0.2, 0.25) is 0 Å². The highest BCUT2D eigenvalue weighted by Gasteiger charge is 2.29. The van der Waals surface area contributed by atoms with E-state index in [-0.39, 0.29) is 33.2 Å². The molecule has 0 fully saturated rings. The summed E-state index contributed by atoms with van der Waals surface area (Å²) in [4.78, 5) is 35.6. The number of hydrogen-bond donors (Lipinski definition) is 1. The minimum Gasteiger partial charge on any atom is -0.295 e. The summed E-state index contributed by atoms with van der Waals surface area (Å²) in [5.74, 6) is 0.106. The number of halogens is 2. The summed E-state index contributed by atoms with van der Waals surface area (Å²) in [6.45, 7) is 11.4. The number of nitrogens with one attached hydrogen (secondary N) is 1. The molecular weight excluding hydrogens is 363 g/mol. The van der Waals surface area contributed by atoms with Crippen molar-refractivity contribution in [3.8, 4) is 0 Å². The quantitative estimate of drug-likeness (QED) is 0.487. The van der Waals surface area contributed by atoms with E-state index in [9.17, 15) is 9.59 Å². The number of rotatable bonds is 5. The Morgan fingerprint density at radius 2 is 2.04 bits per heavy atom. The molecule has 0 aliphatic rings. The summed E-state index contributed by atoms with van der Waals surface area (Å²) in [5.41, 5.74) is -0.0752. The minimum atomic E-state index is -0.580. The van der Waals surface area contributed by atoms with Crippen molar-refractivity contribution in [2.24, 2.45) is 10.9 Å². The Balaban J connectivity index is 2.97. The lowest BCUT2D eigenvalue weighted by molar-refractivity contribution is 0.373. The van der Waals surface area contributed by atoms with E-state index in [1.807, 2.05) is 33.8 Å². The number of fused-ring (bicyclic) bond motifs is 1. The zero-order valence-corrected chi connectivity index (χ0v) is 16.0. The van der Waals surface area contributed by atoms with E-state index in [4.69, 9.17) is 23.2 Å². The van der Waals surface area contributed by atoms with Gasteiger partial charge in [0.25, 0.3) is 5.56 Å². The molecule has 0 aromatic carbocycles. The fourth-order valence-electron chi connectivity index (χ4n) is 2.86. The van der Waals surface area contributed by atoms with E-state index < -0.39 is 17.3 Å². The first-order valence-electron chi connectivity index (χ1n) is 7.82. The number of nitrogens with zero attached hydrogens (tertiary/aromatic N) is 3. The second-order valence-corrected chi connectivity index (χ2v) is 6.92. The molecule has 2 aromatic heterocycles. The van der Waals surface area contributed by atoms with E-state index in [1.165, 1.54) is 10.6 Å². The molecule has 0 spiro atoms. The lowest BCUT2D eigenvalue weighted by Gasteiger charge is -2.29. The standard InChI is InChI=1S/C17H20Cl2N4O2/c1-6-9(4)13(12(20-5)8(2)3)23-15-10(16(24)22-17(23)25)7-11(18)14(19)21-15/h6-8,12-13H,5H2,1-4H3,(H,22,24,25)/b9-6-/t12-,13?/m0/s1. The van der Waals surface area contributed by atoms with Crippen LogP contribution in [0.5, 0.6) is 0 Å². The van der Waals surface area contributed by atoms with Crippen LogP contribution in [0.4, 0.5) is 0 Å². The third kappa shape index (κ3) is 3.55. The number of pyridine rings is 1. The van der Waals surface area contributed by atoms with Crippen molar-refractivity contribution in [2.75, 3.05) is 0 Å². The monoisotopic (exact) mass is 382 g/mol. The number of aromatic amines is 1. The molecule has 2 aromatic rings. The van der Waals surface area contributed by atoms with Gasteiger partial charge in [0.05, 0.1) is 22.5 Å². The average molecular weight is 383 g/mol. The first-order valence-corrected chi connectivity index (χ1v) is 8.57. The summed E-state index contributed by atoms with van der Waals surface area (Å²) in [6, 6.07) is 0.660. The maximum absolute atomic E-state index is 12.7. The molecule has 2 rings (SSSR count). The van der Waals surface area contributed by atoms with E-state index in [0.29, 0.717) is 0 Å². The molecule has 2 heterocycles. The topological polar surface area (TPSA) is 80.1 Å². The molecular formula is C17H20Cl2N4O2. The van der Waals surface area contributed by atoms with E-state index >= 15 is 0 Å². The van der Waals surface area contributed by atoms with Crippen LogP contribution in [0, 0.1) is 5.92 Å². The van der Waals surface area contributed by atoms with Gasteiger partial charge in [-0.25, -0.2) is 9.78 Å². The maximum atomic E-state index is 12.7. The third-order valence-corrected chi connectivity index (χ3v) is 4.92. The lowest BCUT2D eigenvalue weighted by Crippen LogP contribution is -2.39. The normalized spacial score (nSPS) is 14.8. The van der Waals surface area contributed by atoms with Gasteiger partial charge < -0.3 is 0 Å². The van der Waals surface area contributed by atoms with Crippen LogP contribution >= 0.6 is 23.2 Å². The smallest absolute Gasteiger partial charge is 0.295 e. The Hall–Kier alpha value is -1.92. The predicted molar refractivity (Wildman–Crippen MR) is 103 cm³/mol. The molecule has 2 atom stereocenters. The van der Waals surface area contributed by atoms with Crippen molar-refractivity contribution in [2.45, 2.75) is 39.8 Å². The van der Waals surface area contributed by atoms with Crippen LogP contribution in [0.2, 0.25) is 10.2 Å². The summed E-state index contributed by atoms with van der Waals surface area (Å²) in [5, 5.41) is 0.360. The van der Waals surface area contributed by atoms with E-state index in [1.54, 1.807) is 0 Å². The van der Waals surface area contributed by atoms with Crippen LogP contribution in [-0.2, 0) is 0 Å². The highest BCUT2D eigenvalue weighted by Crippen LogP contribution is 2.30. The second kappa shape index (κ2) is 7.54. The third-order valence-electron chi connectivity index (χ3n) is 4.24. The van der Waals surface area contributed by atoms with Crippen molar-refractivity contribution in [1.29, 1.82) is 0 Å². The fourth-order valence-corrected chi connectivity index (χ4v) is 3.14. The zero-order chi connectivity index (χ0) is 18.9. The number of allylic oxidation sites excluding steroid dienone is 1. The van der Waals surface area contributed by atoms with Crippen LogP contribution in [0.1, 0.15) is 33.7 Å². The van der Waals surface area contributed by atoms with Crippen molar-refractivity contribution in [3.63, 3.8) is 0 Å². The van der Waals surface area contributed by atoms with Crippen molar-refractivity contribution >= 4 is 41.0 Å². The molecule has 1 unspecified atom stereocenters. The lowest BCUT2D eigenvalue weighted by atomic mass is 9.91. The van der Waals surface area contributed by atoms with Gasteiger partial charge in [-0.3, -0.25) is 19.3 Å². The summed E-state index contributed by atoms with van der Waals surface area (Å²) in [7, 11) is 0. The van der Waals surface area contributed by atoms with Crippen LogP contribution in [0.25, 0.3) is 11.0 Å². The molecule has 8 heteroatoms. The summed E-state index contributed by atoms with van der Waals surface area (Å²) in [6.07, 6.45) is 1.89. The molecule has 134 valence electrons. The van der Waals surface area contributed by atoms with Crippen LogP contribution in [-0.4, -0.2) is 27.3 Å². The largest absolute Gasteiger partial charge is 0.330 e. The van der Waals surface area contributed by atoms with Crippen LogP contribution in [0.15, 0.2) is 32.3 Å².